The number of thiazole rings is 1. The third kappa shape index (κ3) is 5.84. The number of rotatable bonds is 8. The molecular weight excluding hydrogens is 468 g/mol. The Bertz CT molecular complexity index is 927. The van der Waals surface area contributed by atoms with E-state index in [0.29, 0.717) is 0 Å². The number of β-lactam (4-membered cyclic amide) rings is 1. The number of oxime groups is 1. The third-order valence-corrected chi connectivity index (χ3v) is 5.30. The van der Waals surface area contributed by atoms with Crippen molar-refractivity contribution in [3.8, 4) is 0 Å². The summed E-state index contributed by atoms with van der Waals surface area (Å²) in [6.45, 7) is -1.37. The van der Waals surface area contributed by atoms with E-state index in [0.717, 1.165) is 18.4 Å². The van der Waals surface area contributed by atoms with Gasteiger partial charge in [-0.1, -0.05) is 5.16 Å². The second kappa shape index (κ2) is 10.6. The first kappa shape index (κ1) is 25.7. The molecule has 1 aliphatic heterocycles. The number of nitrogens with one attached hydrogen (secondary N) is 2. The molecule has 3 amide bonds. The number of halogens is 2. The molecule has 154 valence electrons. The number of nitrogens with zero attached hydrogens (tertiary/aromatic N) is 3. The summed E-state index contributed by atoms with van der Waals surface area (Å²) in [5.74, 6) is -3.18. The Morgan fingerprint density at radius 3 is 2.69 bits per heavy atom. The van der Waals surface area contributed by atoms with Crippen molar-refractivity contribution < 1.29 is 66.1 Å². The Morgan fingerprint density at radius 2 is 2.17 bits per heavy atom. The van der Waals surface area contributed by atoms with Gasteiger partial charge in [0, 0.05) is 5.38 Å². The van der Waals surface area contributed by atoms with Crippen molar-refractivity contribution in [2.45, 2.75) is 12.1 Å². The molecule has 17 heteroatoms. The SMILES string of the molecule is CO/N=C(\C(=O)N[C@H]1C(=O)N(S(=O)(=O)[O-])[C@H]1CF)c1csc(NC(=O)CCl)n1.[Na+]. The number of alkyl halides is 2. The van der Waals surface area contributed by atoms with Gasteiger partial charge in [-0.3, -0.25) is 14.4 Å². The maximum absolute atomic E-state index is 13.1. The van der Waals surface area contributed by atoms with Gasteiger partial charge in [-0.2, -0.15) is 0 Å². The maximum Gasteiger partial charge on any atom is 1.00 e. The number of carbonyl (C=O) groups is 3. The molecule has 0 aromatic carbocycles. The van der Waals surface area contributed by atoms with Crippen molar-refractivity contribution in [1.82, 2.24) is 14.6 Å². The molecule has 0 bridgehead atoms. The average molecular weight is 480 g/mol. The largest absolute Gasteiger partial charge is 1.00 e. The fourth-order valence-electron chi connectivity index (χ4n) is 2.20. The Balaban J connectivity index is 0.00000420. The molecule has 0 radical (unpaired) electrons. The fourth-order valence-corrected chi connectivity index (χ4v) is 3.82. The predicted octanol–water partition coefficient (Wildman–Crippen LogP) is -4.20. The van der Waals surface area contributed by atoms with Gasteiger partial charge in [0.05, 0.1) is 0 Å². The molecule has 1 saturated heterocycles. The molecule has 0 unspecified atom stereocenters. The van der Waals surface area contributed by atoms with Gasteiger partial charge in [-0.05, 0) is 0 Å². The summed E-state index contributed by atoms with van der Waals surface area (Å²) in [6.07, 6.45) is 0. The van der Waals surface area contributed by atoms with Crippen LogP contribution in [0.3, 0.4) is 0 Å². The summed E-state index contributed by atoms with van der Waals surface area (Å²) in [6, 6.07) is -3.26. The van der Waals surface area contributed by atoms with Gasteiger partial charge in [0.25, 0.3) is 11.8 Å². The molecule has 1 aromatic rings. The first-order chi connectivity index (χ1) is 13.1. The minimum atomic E-state index is -5.21. The van der Waals surface area contributed by atoms with Crippen molar-refractivity contribution >= 4 is 61.8 Å². The standard InChI is InChI=1S/C12H13ClFN5O7S2.Na/c1-26-18-8(5-4-27-12(15-5)16-7(20)2-13)10(21)17-9-6(3-14)19(11(9)22)28(23,24)25;/h4,6,9H,2-3H2,1H3,(H,17,21)(H,15,16,20)(H,23,24,25);/q;+1/p-1/b18-8-;/t6-,9+;/m0./s1. The van der Waals surface area contributed by atoms with Gasteiger partial charge in [0.15, 0.2) is 21.1 Å². The van der Waals surface area contributed by atoms with E-state index in [2.05, 4.69) is 25.6 Å². The molecular formula is C12H12ClFN5NaO7S2. The van der Waals surface area contributed by atoms with E-state index in [1.54, 1.807) is 0 Å². The van der Waals surface area contributed by atoms with Crippen molar-refractivity contribution in [2.75, 3.05) is 25.0 Å². The van der Waals surface area contributed by atoms with E-state index >= 15 is 0 Å². The minimum Gasteiger partial charge on any atom is -0.731 e. The number of hydrogen-bond donors (Lipinski definition) is 2. The van der Waals surface area contributed by atoms with Crippen LogP contribution in [0.1, 0.15) is 5.69 Å². The molecule has 1 aromatic heterocycles. The minimum absolute atomic E-state index is 0. The van der Waals surface area contributed by atoms with Gasteiger partial charge in [0.1, 0.15) is 37.4 Å². The van der Waals surface area contributed by atoms with Crippen LogP contribution in [-0.2, 0) is 29.5 Å². The van der Waals surface area contributed by atoms with Crippen molar-refractivity contribution in [3.05, 3.63) is 11.1 Å². The fraction of sp³-hybridized carbons (Fsp3) is 0.417. The number of anilines is 1. The van der Waals surface area contributed by atoms with Gasteiger partial charge < -0.3 is 20.0 Å². The second-order valence-electron chi connectivity index (χ2n) is 5.11. The first-order valence-electron chi connectivity index (χ1n) is 7.22. The average Bonchev–Trinajstić information content (AvgIpc) is 3.08. The summed E-state index contributed by atoms with van der Waals surface area (Å²) >= 11 is 6.30. The molecule has 2 heterocycles. The predicted molar refractivity (Wildman–Crippen MR) is 93.2 cm³/mol. The van der Waals surface area contributed by atoms with E-state index in [1.165, 1.54) is 5.38 Å². The molecule has 29 heavy (non-hydrogen) atoms. The van der Waals surface area contributed by atoms with Crippen LogP contribution >= 0.6 is 22.9 Å². The van der Waals surface area contributed by atoms with Gasteiger partial charge in [0.2, 0.25) is 5.91 Å². The summed E-state index contributed by atoms with van der Waals surface area (Å²) < 4.78 is 45.8. The Hall–Kier alpha value is -1.36. The molecule has 12 nitrogen and oxygen atoms in total. The monoisotopic (exact) mass is 479 g/mol. The number of hydrogen-bond acceptors (Lipinski definition) is 10. The Kier molecular flexibility index (Phi) is 9.39. The molecule has 2 atom stereocenters. The normalized spacial score (nSPS) is 19.1. The van der Waals surface area contributed by atoms with Crippen LogP contribution in [0.4, 0.5) is 9.52 Å². The summed E-state index contributed by atoms with van der Waals surface area (Å²) in [5.41, 5.74) is -0.481. The summed E-state index contributed by atoms with van der Waals surface area (Å²) in [5, 5.41) is 9.35. The number of aromatic nitrogens is 1. The quantitative estimate of drug-likeness (QED) is 0.0943. The third-order valence-electron chi connectivity index (χ3n) is 3.37. The smallest absolute Gasteiger partial charge is 0.731 e. The van der Waals surface area contributed by atoms with E-state index in [4.69, 9.17) is 11.6 Å². The van der Waals surface area contributed by atoms with Crippen LogP contribution < -0.4 is 40.2 Å². The van der Waals surface area contributed by atoms with E-state index in [1.807, 2.05) is 0 Å². The summed E-state index contributed by atoms with van der Waals surface area (Å²) in [4.78, 5) is 44.0. The van der Waals surface area contributed by atoms with E-state index in [9.17, 15) is 31.7 Å². The molecule has 0 aliphatic carbocycles. The maximum atomic E-state index is 13.1. The molecule has 2 N–H and O–H groups in total. The molecule has 2 rings (SSSR count). The van der Waals surface area contributed by atoms with E-state index < -0.39 is 52.5 Å². The van der Waals surface area contributed by atoms with Crippen LogP contribution in [0.5, 0.6) is 0 Å². The number of carbonyl (C=O) groups excluding carboxylic acids is 3. The zero-order valence-corrected chi connectivity index (χ0v) is 19.3. The van der Waals surface area contributed by atoms with E-state index in [-0.39, 0.29) is 50.6 Å². The Morgan fingerprint density at radius 1 is 1.52 bits per heavy atom. The van der Waals surface area contributed by atoms with Crippen LogP contribution in [0.2, 0.25) is 0 Å². The number of amides is 3. The van der Waals surface area contributed by atoms with Crippen LogP contribution in [0.15, 0.2) is 10.5 Å². The van der Waals surface area contributed by atoms with Gasteiger partial charge >= 0.3 is 29.6 Å². The molecule has 1 aliphatic rings. The van der Waals surface area contributed by atoms with Gasteiger partial charge in [-0.15, -0.1) is 22.9 Å². The zero-order valence-electron chi connectivity index (χ0n) is 14.9. The van der Waals surface area contributed by atoms with Crippen LogP contribution in [0.25, 0.3) is 0 Å². The molecule has 0 spiro atoms. The molecule has 1 fully saturated rings. The van der Waals surface area contributed by atoms with Gasteiger partial charge in [-0.25, -0.2) is 22.1 Å². The zero-order chi connectivity index (χ0) is 21.1. The summed E-state index contributed by atoms with van der Waals surface area (Å²) in [7, 11) is -4.09. The second-order valence-corrected chi connectivity index (χ2v) is 7.48. The first-order valence-corrected chi connectivity index (χ1v) is 10.0. The van der Waals surface area contributed by atoms with Crippen LogP contribution in [0, 0.1) is 0 Å². The Labute approximate surface area is 195 Å². The molecule has 0 saturated carbocycles. The van der Waals surface area contributed by atoms with Crippen LogP contribution in [-0.4, -0.2) is 77.4 Å². The van der Waals surface area contributed by atoms with Crippen molar-refractivity contribution in [3.63, 3.8) is 0 Å². The topological polar surface area (TPSA) is 170 Å². The van der Waals surface area contributed by atoms with Crippen molar-refractivity contribution in [2.24, 2.45) is 5.16 Å². The van der Waals surface area contributed by atoms with Crippen molar-refractivity contribution in [1.29, 1.82) is 0 Å².